The normalized spacial score (nSPS) is 17.6. The number of aromatic amines is 1. The van der Waals surface area contributed by atoms with Crippen molar-refractivity contribution < 1.29 is 4.74 Å². The molecule has 9 heteroatoms. The average Bonchev–Trinajstić information content (AvgIpc) is 3.33. The van der Waals surface area contributed by atoms with Crippen LogP contribution in [0.3, 0.4) is 0 Å². The molecule has 2 fully saturated rings. The van der Waals surface area contributed by atoms with Crippen molar-refractivity contribution in [3.8, 4) is 16.9 Å². The van der Waals surface area contributed by atoms with Gasteiger partial charge in [0.2, 0.25) is 0 Å². The van der Waals surface area contributed by atoms with E-state index in [-0.39, 0.29) is 12.4 Å². The van der Waals surface area contributed by atoms with Crippen molar-refractivity contribution in [3.63, 3.8) is 0 Å². The summed E-state index contributed by atoms with van der Waals surface area (Å²) in [4.78, 5) is 7.20. The summed E-state index contributed by atoms with van der Waals surface area (Å²) in [5, 5.41) is 16.2. The molecule has 6 rings (SSSR count). The number of anilines is 1. The zero-order valence-corrected chi connectivity index (χ0v) is 18.3. The fourth-order valence-electron chi connectivity index (χ4n) is 4.94. The van der Waals surface area contributed by atoms with Gasteiger partial charge in [-0.1, -0.05) is 0 Å². The van der Waals surface area contributed by atoms with Crippen molar-refractivity contribution in [1.82, 2.24) is 30.1 Å². The van der Waals surface area contributed by atoms with Crippen LogP contribution in [-0.2, 0) is 0 Å². The van der Waals surface area contributed by atoms with Gasteiger partial charge in [0.25, 0.3) is 0 Å². The number of hydrogen-bond donors (Lipinski definition) is 2. The van der Waals surface area contributed by atoms with E-state index in [4.69, 9.17) is 9.72 Å². The summed E-state index contributed by atoms with van der Waals surface area (Å²) in [6.45, 7) is 7.10. The van der Waals surface area contributed by atoms with Crippen molar-refractivity contribution in [2.75, 3.05) is 37.7 Å². The van der Waals surface area contributed by atoms with Crippen molar-refractivity contribution >= 4 is 34.8 Å². The molecule has 4 aromatic heterocycles. The molecular weight excluding hydrogens is 414 g/mol. The molecule has 1 spiro atoms. The van der Waals surface area contributed by atoms with Crippen molar-refractivity contribution in [2.45, 2.75) is 19.8 Å². The first-order chi connectivity index (χ1) is 14.7. The molecule has 2 aliphatic rings. The Morgan fingerprint density at radius 3 is 2.74 bits per heavy atom. The number of ether oxygens (including phenoxy) is 1. The summed E-state index contributed by atoms with van der Waals surface area (Å²) in [7, 11) is 0. The molecule has 6 heterocycles. The molecule has 0 unspecified atom stereocenters. The topological polar surface area (TPSA) is 83.4 Å². The number of halogens is 1. The zero-order valence-electron chi connectivity index (χ0n) is 17.5. The van der Waals surface area contributed by atoms with Gasteiger partial charge in [-0.2, -0.15) is 5.10 Å². The van der Waals surface area contributed by atoms with Crippen LogP contribution < -0.4 is 15.0 Å². The average molecular weight is 440 g/mol. The third-order valence-electron chi connectivity index (χ3n) is 6.51. The standard InChI is InChI=1S/C22H25N7O.ClH/c1-2-30-16-9-17(20-18-11-25-26-21(18)27-29(20)12-16)15-3-4-19(24-10-15)28-13-22(14-28)5-7-23-8-6-22;/h3-4,9-12,23H,2,5-8,13-14H2,1H3,(H,26,27);1H. The van der Waals surface area contributed by atoms with Crippen LogP contribution in [0.1, 0.15) is 19.8 Å². The first-order valence-corrected chi connectivity index (χ1v) is 10.7. The van der Waals surface area contributed by atoms with Gasteiger partial charge in [0, 0.05) is 35.8 Å². The van der Waals surface area contributed by atoms with Crippen LogP contribution in [0.15, 0.2) is 36.8 Å². The number of hydrogen-bond acceptors (Lipinski definition) is 6. The fourth-order valence-corrected chi connectivity index (χ4v) is 4.94. The summed E-state index contributed by atoms with van der Waals surface area (Å²) in [6, 6.07) is 6.35. The molecule has 162 valence electrons. The van der Waals surface area contributed by atoms with E-state index in [0.29, 0.717) is 12.0 Å². The highest BCUT2D eigenvalue weighted by Crippen LogP contribution is 2.41. The molecule has 2 saturated heterocycles. The monoisotopic (exact) mass is 439 g/mol. The lowest BCUT2D eigenvalue weighted by atomic mass is 9.72. The van der Waals surface area contributed by atoms with Crippen molar-refractivity contribution in [3.05, 3.63) is 36.8 Å². The highest BCUT2D eigenvalue weighted by atomic mass is 35.5. The molecule has 8 nitrogen and oxygen atoms in total. The van der Waals surface area contributed by atoms with Crippen molar-refractivity contribution in [2.24, 2.45) is 5.41 Å². The maximum atomic E-state index is 5.78. The lowest BCUT2D eigenvalue weighted by Crippen LogP contribution is -2.60. The highest BCUT2D eigenvalue weighted by molar-refractivity contribution is 6.00. The predicted molar refractivity (Wildman–Crippen MR) is 123 cm³/mol. The number of nitrogens with one attached hydrogen (secondary N) is 2. The van der Waals surface area contributed by atoms with Crippen molar-refractivity contribution in [1.29, 1.82) is 0 Å². The Kier molecular flexibility index (Phi) is 4.98. The Morgan fingerprint density at radius 2 is 2.00 bits per heavy atom. The Hall–Kier alpha value is -2.84. The lowest BCUT2D eigenvalue weighted by Gasteiger charge is -2.53. The lowest BCUT2D eigenvalue weighted by molar-refractivity contribution is 0.149. The van der Waals surface area contributed by atoms with E-state index in [9.17, 15) is 0 Å². The molecule has 2 aliphatic heterocycles. The van der Waals surface area contributed by atoms with E-state index >= 15 is 0 Å². The first kappa shape index (κ1) is 20.1. The van der Waals surface area contributed by atoms with Crippen LogP contribution in [0, 0.1) is 5.41 Å². The van der Waals surface area contributed by atoms with Gasteiger partial charge in [-0.15, -0.1) is 17.5 Å². The number of piperidine rings is 1. The van der Waals surface area contributed by atoms with Crippen LogP contribution in [-0.4, -0.2) is 57.6 Å². The van der Waals surface area contributed by atoms with Gasteiger partial charge in [0.05, 0.1) is 29.9 Å². The van der Waals surface area contributed by atoms with Gasteiger partial charge >= 0.3 is 0 Å². The molecular formula is C22H26ClN7O. The number of nitrogens with zero attached hydrogens (tertiary/aromatic N) is 5. The molecule has 2 N–H and O–H groups in total. The van der Waals surface area contributed by atoms with Gasteiger partial charge in [0.1, 0.15) is 11.6 Å². The van der Waals surface area contributed by atoms with Gasteiger partial charge in [-0.25, -0.2) is 9.50 Å². The van der Waals surface area contributed by atoms with Gasteiger partial charge in [0.15, 0.2) is 5.65 Å². The van der Waals surface area contributed by atoms with Crippen LogP contribution in [0.5, 0.6) is 5.75 Å². The molecule has 0 atom stereocenters. The zero-order chi connectivity index (χ0) is 20.1. The smallest absolute Gasteiger partial charge is 0.178 e. The number of H-pyrrole nitrogens is 1. The van der Waals surface area contributed by atoms with Crippen LogP contribution in [0.4, 0.5) is 5.82 Å². The van der Waals surface area contributed by atoms with E-state index in [1.54, 1.807) is 0 Å². The quantitative estimate of drug-likeness (QED) is 0.507. The molecule has 0 aromatic carbocycles. The maximum absolute atomic E-state index is 5.78. The second-order valence-electron chi connectivity index (χ2n) is 8.46. The predicted octanol–water partition coefficient (Wildman–Crippen LogP) is 3.28. The Morgan fingerprint density at radius 1 is 1.16 bits per heavy atom. The third-order valence-corrected chi connectivity index (χ3v) is 6.51. The number of fused-ring (bicyclic) bond motifs is 3. The second-order valence-corrected chi connectivity index (χ2v) is 8.46. The Balaban J connectivity index is 0.00000204. The summed E-state index contributed by atoms with van der Waals surface area (Å²) in [6.07, 6.45) is 8.24. The number of pyridine rings is 2. The Bertz CT molecular complexity index is 1200. The summed E-state index contributed by atoms with van der Waals surface area (Å²) in [5.74, 6) is 1.85. The Labute approximate surface area is 186 Å². The van der Waals surface area contributed by atoms with Gasteiger partial charge < -0.3 is 15.0 Å². The minimum atomic E-state index is 0. The number of rotatable bonds is 4. The molecule has 0 saturated carbocycles. The summed E-state index contributed by atoms with van der Waals surface area (Å²) >= 11 is 0. The largest absolute Gasteiger partial charge is 0.492 e. The molecule has 0 amide bonds. The first-order valence-electron chi connectivity index (χ1n) is 10.7. The highest BCUT2D eigenvalue weighted by Gasteiger charge is 2.43. The van der Waals surface area contributed by atoms with Gasteiger partial charge in [-0.05, 0) is 51.1 Å². The molecule has 0 aliphatic carbocycles. The molecule has 31 heavy (non-hydrogen) atoms. The molecule has 0 bridgehead atoms. The molecule has 0 radical (unpaired) electrons. The summed E-state index contributed by atoms with van der Waals surface area (Å²) < 4.78 is 7.65. The summed E-state index contributed by atoms with van der Waals surface area (Å²) in [5.41, 5.74) is 4.36. The SMILES string of the molecule is CCOc1cc(-c2ccc(N3CC4(CCNCC4)C3)nc2)c2c3cn[nH]c3nn2c1.Cl. The minimum absolute atomic E-state index is 0. The van der Waals surface area contributed by atoms with Gasteiger partial charge in [-0.3, -0.25) is 5.10 Å². The van der Waals surface area contributed by atoms with Crippen LogP contribution in [0.2, 0.25) is 0 Å². The van der Waals surface area contributed by atoms with E-state index in [2.05, 4.69) is 43.7 Å². The van der Waals surface area contributed by atoms with Crippen LogP contribution in [0.25, 0.3) is 27.7 Å². The number of aromatic nitrogens is 5. The second kappa shape index (κ2) is 7.69. The van der Waals surface area contributed by atoms with E-state index in [1.165, 1.54) is 12.8 Å². The fraction of sp³-hybridized carbons (Fsp3) is 0.409. The maximum Gasteiger partial charge on any atom is 0.178 e. The molecule has 4 aromatic rings. The van der Waals surface area contributed by atoms with E-state index < -0.39 is 0 Å². The van der Waals surface area contributed by atoms with Crippen LogP contribution >= 0.6 is 12.4 Å². The van der Waals surface area contributed by atoms with E-state index in [1.807, 2.05) is 30.0 Å². The minimum Gasteiger partial charge on any atom is -0.492 e. The third kappa shape index (κ3) is 3.30. The van der Waals surface area contributed by atoms with E-state index in [0.717, 1.165) is 65.4 Å².